The average molecular weight is 356 g/mol. The molecule has 1 saturated heterocycles. The highest BCUT2D eigenvalue weighted by Crippen LogP contribution is 2.29. The zero-order chi connectivity index (χ0) is 17.4. The van der Waals surface area contributed by atoms with Crippen LogP contribution in [-0.4, -0.2) is 45.9 Å². The van der Waals surface area contributed by atoms with Gasteiger partial charge in [-0.3, -0.25) is 9.78 Å². The number of pyridine rings is 1. The van der Waals surface area contributed by atoms with Crippen molar-refractivity contribution in [3.05, 3.63) is 40.9 Å². The molecule has 1 aliphatic heterocycles. The maximum Gasteiger partial charge on any atom is 0.267 e. The van der Waals surface area contributed by atoms with E-state index in [0.717, 1.165) is 47.3 Å². The van der Waals surface area contributed by atoms with Crippen molar-refractivity contribution in [2.24, 2.45) is 0 Å². The predicted molar refractivity (Wildman–Crippen MR) is 101 cm³/mol. The Morgan fingerprint density at radius 1 is 1.08 bits per heavy atom. The van der Waals surface area contributed by atoms with Crippen LogP contribution in [0, 0.1) is 0 Å². The second-order valence-electron chi connectivity index (χ2n) is 6.38. The lowest BCUT2D eigenvalue weighted by Crippen LogP contribution is -2.47. The molecule has 1 fully saturated rings. The Hall–Kier alpha value is -2.48. The molecule has 4 heterocycles. The van der Waals surface area contributed by atoms with Gasteiger partial charge in [0.05, 0.1) is 16.9 Å². The number of nitrogens with zero attached hydrogens (tertiary/aromatic N) is 6. The first-order valence-corrected chi connectivity index (χ1v) is 9.24. The topological polar surface area (TPSA) is 67.2 Å². The van der Waals surface area contributed by atoms with E-state index in [1.54, 1.807) is 28.3 Å². The van der Waals surface area contributed by atoms with Crippen LogP contribution < -0.4 is 15.4 Å². The van der Waals surface area contributed by atoms with Crippen molar-refractivity contribution in [1.29, 1.82) is 0 Å². The molecule has 0 aliphatic carbocycles. The number of anilines is 2. The highest BCUT2D eigenvalue weighted by atomic mass is 32.1. The second-order valence-corrected chi connectivity index (χ2v) is 7.39. The third-order valence-corrected chi connectivity index (χ3v) is 5.45. The number of piperazine rings is 1. The third kappa shape index (κ3) is 3.09. The number of fused-ring (bicyclic) bond motifs is 1. The van der Waals surface area contributed by atoms with E-state index >= 15 is 0 Å². The van der Waals surface area contributed by atoms with E-state index in [0.29, 0.717) is 0 Å². The van der Waals surface area contributed by atoms with Gasteiger partial charge in [-0.05, 0) is 26.0 Å². The van der Waals surface area contributed by atoms with Crippen LogP contribution in [-0.2, 0) is 0 Å². The van der Waals surface area contributed by atoms with Crippen LogP contribution in [0.15, 0.2) is 35.4 Å². The molecule has 0 atom stereocenters. The predicted octanol–water partition coefficient (Wildman–Crippen LogP) is 2.16. The van der Waals surface area contributed by atoms with Crippen molar-refractivity contribution >= 4 is 32.5 Å². The van der Waals surface area contributed by atoms with Crippen LogP contribution in [0.5, 0.6) is 0 Å². The molecule has 0 saturated carbocycles. The molecule has 0 bridgehead atoms. The van der Waals surface area contributed by atoms with Gasteiger partial charge in [0.25, 0.3) is 5.56 Å². The minimum absolute atomic E-state index is 0.0551. The Kier molecular flexibility index (Phi) is 4.12. The minimum Gasteiger partial charge on any atom is -0.352 e. The minimum atomic E-state index is -0.0551. The lowest BCUT2D eigenvalue weighted by molar-refractivity contribution is 0.497. The van der Waals surface area contributed by atoms with Crippen LogP contribution >= 0.6 is 11.3 Å². The van der Waals surface area contributed by atoms with E-state index in [1.165, 1.54) is 0 Å². The zero-order valence-corrected chi connectivity index (χ0v) is 15.1. The van der Waals surface area contributed by atoms with E-state index in [4.69, 9.17) is 0 Å². The molecule has 3 aromatic heterocycles. The van der Waals surface area contributed by atoms with Crippen molar-refractivity contribution in [3.63, 3.8) is 0 Å². The molecule has 130 valence electrons. The fourth-order valence-corrected chi connectivity index (χ4v) is 3.97. The van der Waals surface area contributed by atoms with Crippen molar-refractivity contribution < 1.29 is 0 Å². The summed E-state index contributed by atoms with van der Waals surface area (Å²) in [7, 11) is 0. The van der Waals surface area contributed by atoms with Gasteiger partial charge in [-0.2, -0.15) is 5.10 Å². The van der Waals surface area contributed by atoms with Gasteiger partial charge in [-0.25, -0.2) is 9.67 Å². The molecular formula is C17H20N6OS. The molecule has 25 heavy (non-hydrogen) atoms. The molecule has 0 aromatic carbocycles. The third-order valence-electron chi connectivity index (χ3n) is 4.35. The summed E-state index contributed by atoms with van der Waals surface area (Å²) >= 11 is 1.70. The smallest absolute Gasteiger partial charge is 0.267 e. The molecule has 3 aromatic rings. The van der Waals surface area contributed by atoms with Crippen molar-refractivity contribution in [2.45, 2.75) is 19.9 Å². The maximum absolute atomic E-state index is 11.9. The molecule has 0 amide bonds. The number of rotatable bonds is 3. The SMILES string of the molecule is CC(C)n1nc(N2CCN(c3nc4cnccc4s3)CC2)ccc1=O. The van der Waals surface area contributed by atoms with Gasteiger partial charge in [-0.15, -0.1) is 0 Å². The first-order valence-electron chi connectivity index (χ1n) is 8.42. The van der Waals surface area contributed by atoms with Gasteiger partial charge in [-0.1, -0.05) is 11.3 Å². The van der Waals surface area contributed by atoms with Gasteiger partial charge in [0.1, 0.15) is 11.3 Å². The Balaban J connectivity index is 1.49. The highest BCUT2D eigenvalue weighted by Gasteiger charge is 2.21. The summed E-state index contributed by atoms with van der Waals surface area (Å²) in [6.07, 6.45) is 3.61. The Morgan fingerprint density at radius 3 is 2.56 bits per heavy atom. The van der Waals surface area contributed by atoms with Gasteiger partial charge < -0.3 is 9.80 Å². The summed E-state index contributed by atoms with van der Waals surface area (Å²) in [5, 5.41) is 5.56. The number of thiazole rings is 1. The Morgan fingerprint density at radius 2 is 1.84 bits per heavy atom. The average Bonchev–Trinajstić information content (AvgIpc) is 3.06. The van der Waals surface area contributed by atoms with Crippen LogP contribution in [0.3, 0.4) is 0 Å². The number of hydrogen-bond acceptors (Lipinski definition) is 7. The quantitative estimate of drug-likeness (QED) is 0.716. The number of aromatic nitrogens is 4. The van der Waals surface area contributed by atoms with Crippen molar-refractivity contribution in [2.75, 3.05) is 36.0 Å². The molecule has 0 radical (unpaired) electrons. The van der Waals surface area contributed by atoms with Crippen LogP contribution in [0.2, 0.25) is 0 Å². The first-order chi connectivity index (χ1) is 12.1. The molecule has 4 rings (SSSR count). The Bertz CT molecular complexity index is 908. The summed E-state index contributed by atoms with van der Waals surface area (Å²) in [6.45, 7) is 7.43. The van der Waals surface area contributed by atoms with Gasteiger partial charge in [0.15, 0.2) is 5.13 Å². The van der Waals surface area contributed by atoms with Crippen LogP contribution in [0.1, 0.15) is 19.9 Å². The summed E-state index contributed by atoms with van der Waals surface area (Å²) in [6, 6.07) is 5.49. The monoisotopic (exact) mass is 356 g/mol. The first kappa shape index (κ1) is 16.0. The van der Waals surface area contributed by atoms with E-state index in [1.807, 2.05) is 32.2 Å². The van der Waals surface area contributed by atoms with E-state index in [9.17, 15) is 4.79 Å². The number of hydrogen-bond donors (Lipinski definition) is 0. The molecular weight excluding hydrogens is 336 g/mol. The van der Waals surface area contributed by atoms with Crippen LogP contribution in [0.4, 0.5) is 10.9 Å². The van der Waals surface area contributed by atoms with Crippen LogP contribution in [0.25, 0.3) is 10.2 Å². The normalized spacial score (nSPS) is 15.3. The Labute approximate surface area is 149 Å². The fraction of sp³-hybridized carbons (Fsp3) is 0.412. The molecule has 0 N–H and O–H groups in total. The lowest BCUT2D eigenvalue weighted by atomic mass is 10.3. The largest absolute Gasteiger partial charge is 0.352 e. The van der Waals surface area contributed by atoms with Gasteiger partial charge in [0.2, 0.25) is 0 Å². The van der Waals surface area contributed by atoms with Crippen molar-refractivity contribution in [3.8, 4) is 0 Å². The van der Waals surface area contributed by atoms with E-state index in [-0.39, 0.29) is 11.6 Å². The second kappa shape index (κ2) is 6.44. The van der Waals surface area contributed by atoms with E-state index < -0.39 is 0 Å². The van der Waals surface area contributed by atoms with Gasteiger partial charge in [0, 0.05) is 38.4 Å². The molecule has 0 spiro atoms. The van der Waals surface area contributed by atoms with Crippen molar-refractivity contribution in [1.82, 2.24) is 19.7 Å². The molecule has 0 unspecified atom stereocenters. The zero-order valence-electron chi connectivity index (χ0n) is 14.3. The highest BCUT2D eigenvalue weighted by molar-refractivity contribution is 7.22. The summed E-state index contributed by atoms with van der Waals surface area (Å²) in [4.78, 5) is 25.2. The molecule has 1 aliphatic rings. The fourth-order valence-electron chi connectivity index (χ4n) is 2.98. The lowest BCUT2D eigenvalue weighted by Gasteiger charge is -2.35. The standard InChI is InChI=1S/C17H20N6OS/c1-12(2)23-16(24)4-3-15(20-23)21-7-9-22(10-8-21)17-19-13-11-18-6-5-14(13)25-17/h3-6,11-12H,7-10H2,1-2H3. The van der Waals surface area contributed by atoms with Gasteiger partial charge >= 0.3 is 0 Å². The summed E-state index contributed by atoms with van der Waals surface area (Å²) in [5.41, 5.74) is 0.899. The summed E-state index contributed by atoms with van der Waals surface area (Å²) < 4.78 is 2.71. The van der Waals surface area contributed by atoms with E-state index in [2.05, 4.69) is 24.9 Å². The summed E-state index contributed by atoms with van der Waals surface area (Å²) in [5.74, 6) is 0.862. The molecule has 8 heteroatoms. The maximum atomic E-state index is 11.9. The molecule has 7 nitrogen and oxygen atoms in total.